The van der Waals surface area contributed by atoms with Crippen LogP contribution in [0.25, 0.3) is 0 Å². The fraction of sp³-hybridized carbons (Fsp3) is 0.100. The van der Waals surface area contributed by atoms with E-state index in [-0.39, 0.29) is 0 Å². The Bertz CT molecular complexity index is 274. The van der Waals surface area contributed by atoms with Crippen LogP contribution >= 0.6 is 11.6 Å². The normalized spacial score (nSPS) is 8.55. The van der Waals surface area contributed by atoms with Gasteiger partial charge >= 0.3 is 0 Å². The first-order chi connectivity index (χ1) is 5.33. The van der Waals surface area contributed by atoms with Gasteiger partial charge < -0.3 is 0 Å². The smallest absolute Gasteiger partial charge is 0.0406 e. The van der Waals surface area contributed by atoms with Crippen LogP contribution in [0.15, 0.2) is 24.3 Å². The second-order valence-corrected chi connectivity index (χ2v) is 2.50. The first-order valence-electron chi connectivity index (χ1n) is 3.38. The molecule has 0 N–H and O–H groups in total. The molecule has 0 amide bonds. The molecule has 0 bridgehead atoms. The van der Waals surface area contributed by atoms with Crippen LogP contribution in [0.3, 0.4) is 0 Å². The van der Waals surface area contributed by atoms with Crippen LogP contribution in [0.2, 0.25) is 5.02 Å². The topological polar surface area (TPSA) is 0 Å². The largest absolute Gasteiger partial charge is 0.0935 e. The number of hydrogen-bond donors (Lipinski definition) is 0. The average molecular weight is 164 g/mol. The molecular formula is C10H8Cl. The lowest BCUT2D eigenvalue weighted by Crippen LogP contribution is -1.71. The van der Waals surface area contributed by atoms with E-state index in [1.807, 2.05) is 37.6 Å². The molecular weight excluding hydrogens is 156 g/mol. The summed E-state index contributed by atoms with van der Waals surface area (Å²) in [6.07, 6.45) is 1.81. The quantitative estimate of drug-likeness (QED) is 0.516. The summed E-state index contributed by atoms with van der Waals surface area (Å²) in [7, 11) is 0. The van der Waals surface area contributed by atoms with Gasteiger partial charge in [0.15, 0.2) is 0 Å². The van der Waals surface area contributed by atoms with Crippen molar-refractivity contribution in [3.05, 3.63) is 41.3 Å². The van der Waals surface area contributed by atoms with Crippen molar-refractivity contribution in [3.8, 4) is 11.8 Å². The molecule has 0 aliphatic rings. The van der Waals surface area contributed by atoms with Gasteiger partial charge in [-0.2, -0.15) is 0 Å². The minimum atomic E-state index is 0.746. The Kier molecular flexibility index (Phi) is 3.01. The van der Waals surface area contributed by atoms with Gasteiger partial charge in [-0.05, 0) is 24.3 Å². The summed E-state index contributed by atoms with van der Waals surface area (Å²) in [5.41, 5.74) is 0.993. The molecule has 1 aromatic carbocycles. The van der Waals surface area contributed by atoms with Gasteiger partial charge in [0.05, 0.1) is 0 Å². The lowest BCUT2D eigenvalue weighted by Gasteiger charge is -1.88. The van der Waals surface area contributed by atoms with Crippen molar-refractivity contribution in [2.45, 2.75) is 6.92 Å². The molecule has 1 radical (unpaired) electrons. The second kappa shape index (κ2) is 4.05. The van der Waals surface area contributed by atoms with Gasteiger partial charge in [0.1, 0.15) is 0 Å². The molecule has 0 saturated carbocycles. The molecule has 1 rings (SSSR count). The van der Waals surface area contributed by atoms with Crippen molar-refractivity contribution in [3.63, 3.8) is 0 Å². The van der Waals surface area contributed by atoms with Gasteiger partial charge in [0.25, 0.3) is 0 Å². The van der Waals surface area contributed by atoms with Crippen molar-refractivity contribution >= 4 is 11.6 Å². The second-order valence-electron chi connectivity index (χ2n) is 2.06. The standard InChI is InChI=1S/C10H8Cl/c1-2-3-4-9-5-7-10(11)8-6-9/h2,5-8H,1H3. The van der Waals surface area contributed by atoms with Crippen LogP contribution < -0.4 is 0 Å². The van der Waals surface area contributed by atoms with Gasteiger partial charge in [-0.3, -0.25) is 0 Å². The highest BCUT2D eigenvalue weighted by atomic mass is 35.5. The Labute approximate surface area is 72.2 Å². The third-order valence-corrected chi connectivity index (χ3v) is 1.46. The van der Waals surface area contributed by atoms with E-state index >= 15 is 0 Å². The summed E-state index contributed by atoms with van der Waals surface area (Å²) in [6.45, 7) is 1.91. The molecule has 0 nitrogen and oxygen atoms in total. The van der Waals surface area contributed by atoms with E-state index < -0.39 is 0 Å². The van der Waals surface area contributed by atoms with Crippen LogP contribution in [0, 0.1) is 18.3 Å². The third-order valence-electron chi connectivity index (χ3n) is 1.21. The highest BCUT2D eigenvalue weighted by molar-refractivity contribution is 6.30. The summed E-state index contributed by atoms with van der Waals surface area (Å²) < 4.78 is 0. The zero-order valence-electron chi connectivity index (χ0n) is 6.26. The van der Waals surface area contributed by atoms with Crippen molar-refractivity contribution in [1.82, 2.24) is 0 Å². The predicted octanol–water partition coefficient (Wildman–Crippen LogP) is 2.92. The molecule has 55 valence electrons. The molecule has 0 saturated heterocycles. The molecule has 0 aliphatic heterocycles. The number of benzene rings is 1. The lowest BCUT2D eigenvalue weighted by molar-refractivity contribution is 1.60. The molecule has 0 fully saturated rings. The Morgan fingerprint density at radius 3 is 2.45 bits per heavy atom. The van der Waals surface area contributed by atoms with Gasteiger partial charge in [0.2, 0.25) is 0 Å². The van der Waals surface area contributed by atoms with Crippen LogP contribution in [-0.2, 0) is 0 Å². The minimum absolute atomic E-state index is 0.746. The van der Waals surface area contributed by atoms with Crippen LogP contribution in [0.1, 0.15) is 12.5 Å². The predicted molar refractivity (Wildman–Crippen MR) is 48.3 cm³/mol. The molecule has 0 unspecified atom stereocenters. The fourth-order valence-corrected chi connectivity index (χ4v) is 0.815. The highest BCUT2D eigenvalue weighted by Gasteiger charge is 1.85. The van der Waals surface area contributed by atoms with E-state index in [1.165, 1.54) is 0 Å². The van der Waals surface area contributed by atoms with Crippen LogP contribution in [-0.4, -0.2) is 0 Å². The zero-order chi connectivity index (χ0) is 8.10. The molecule has 1 aromatic rings. The molecule has 0 aliphatic carbocycles. The van der Waals surface area contributed by atoms with Gasteiger partial charge in [-0.15, -0.1) is 0 Å². The van der Waals surface area contributed by atoms with E-state index in [0.29, 0.717) is 0 Å². The first-order valence-corrected chi connectivity index (χ1v) is 3.75. The van der Waals surface area contributed by atoms with Crippen molar-refractivity contribution < 1.29 is 0 Å². The van der Waals surface area contributed by atoms with Crippen molar-refractivity contribution in [1.29, 1.82) is 0 Å². The molecule has 0 spiro atoms. The molecule has 1 heteroatoms. The SMILES string of the molecule is C[CH]C#Cc1ccc(Cl)cc1. The van der Waals surface area contributed by atoms with Gasteiger partial charge in [-0.25, -0.2) is 0 Å². The Morgan fingerprint density at radius 2 is 1.91 bits per heavy atom. The average Bonchev–Trinajstić information content (AvgIpc) is 2.04. The zero-order valence-corrected chi connectivity index (χ0v) is 7.02. The number of hydrogen-bond acceptors (Lipinski definition) is 0. The van der Waals surface area contributed by atoms with E-state index in [0.717, 1.165) is 10.6 Å². The number of halogens is 1. The summed E-state index contributed by atoms with van der Waals surface area (Å²) >= 11 is 5.69. The summed E-state index contributed by atoms with van der Waals surface area (Å²) in [5.74, 6) is 5.82. The van der Waals surface area contributed by atoms with Crippen molar-refractivity contribution in [2.24, 2.45) is 0 Å². The molecule has 0 heterocycles. The highest BCUT2D eigenvalue weighted by Crippen LogP contribution is 2.08. The Morgan fingerprint density at radius 1 is 1.27 bits per heavy atom. The fourth-order valence-electron chi connectivity index (χ4n) is 0.689. The molecule has 0 aromatic heterocycles. The van der Waals surface area contributed by atoms with Crippen molar-refractivity contribution in [2.75, 3.05) is 0 Å². The maximum atomic E-state index is 5.69. The maximum absolute atomic E-state index is 5.69. The van der Waals surface area contributed by atoms with Gasteiger partial charge in [-0.1, -0.05) is 30.4 Å². The van der Waals surface area contributed by atoms with E-state index in [1.54, 1.807) is 0 Å². The Balaban J connectivity index is 2.82. The lowest BCUT2D eigenvalue weighted by atomic mass is 10.2. The van der Waals surface area contributed by atoms with E-state index in [2.05, 4.69) is 11.8 Å². The molecule has 0 atom stereocenters. The minimum Gasteiger partial charge on any atom is -0.0935 e. The Hall–Kier alpha value is -0.930. The summed E-state index contributed by atoms with van der Waals surface area (Å²) in [6, 6.07) is 7.47. The van der Waals surface area contributed by atoms with Crippen LogP contribution in [0.4, 0.5) is 0 Å². The van der Waals surface area contributed by atoms with E-state index in [4.69, 9.17) is 11.6 Å². The number of rotatable bonds is 0. The monoisotopic (exact) mass is 163 g/mol. The summed E-state index contributed by atoms with van der Waals surface area (Å²) in [5, 5.41) is 0.746. The van der Waals surface area contributed by atoms with E-state index in [9.17, 15) is 0 Å². The summed E-state index contributed by atoms with van der Waals surface area (Å²) in [4.78, 5) is 0. The third kappa shape index (κ3) is 2.65. The molecule has 11 heavy (non-hydrogen) atoms. The van der Waals surface area contributed by atoms with Gasteiger partial charge in [0, 0.05) is 17.0 Å². The van der Waals surface area contributed by atoms with Crippen LogP contribution in [0.5, 0.6) is 0 Å². The maximum Gasteiger partial charge on any atom is 0.0406 e. The first kappa shape index (κ1) is 8.17.